The Hall–Kier alpha value is -3.74. The van der Waals surface area contributed by atoms with E-state index in [1.54, 1.807) is 12.1 Å². The number of imide groups is 1. The highest BCUT2D eigenvalue weighted by Crippen LogP contribution is 2.37. The third-order valence-electron chi connectivity index (χ3n) is 6.45. The van der Waals surface area contributed by atoms with Gasteiger partial charge in [0.25, 0.3) is 5.91 Å². The number of allylic oxidation sites excluding steroid dienone is 2. The van der Waals surface area contributed by atoms with Crippen LogP contribution in [0.1, 0.15) is 48.2 Å². The molecule has 1 N–H and O–H groups in total. The van der Waals surface area contributed by atoms with Crippen molar-refractivity contribution in [3.05, 3.63) is 71.3 Å². The highest BCUT2D eigenvalue weighted by atomic mass is 16.5. The van der Waals surface area contributed by atoms with Crippen molar-refractivity contribution in [3.63, 3.8) is 0 Å². The van der Waals surface area contributed by atoms with E-state index in [-0.39, 0.29) is 29.2 Å². The van der Waals surface area contributed by atoms with Gasteiger partial charge in [-0.15, -0.1) is 0 Å². The monoisotopic (exact) mass is 460 g/mol. The fourth-order valence-corrected chi connectivity index (χ4v) is 4.62. The van der Waals surface area contributed by atoms with Gasteiger partial charge in [-0.3, -0.25) is 19.3 Å². The number of hydrogen-bond acceptors (Lipinski definition) is 5. The summed E-state index contributed by atoms with van der Waals surface area (Å²) in [5.41, 5.74) is 3.30. The molecule has 2 atom stereocenters. The van der Waals surface area contributed by atoms with Gasteiger partial charge in [-0.25, -0.2) is 4.79 Å². The second-order valence-corrected chi connectivity index (χ2v) is 8.50. The topological polar surface area (TPSA) is 92.8 Å². The van der Waals surface area contributed by atoms with Gasteiger partial charge in [0.1, 0.15) is 0 Å². The molecule has 2 aromatic carbocycles. The lowest BCUT2D eigenvalue weighted by atomic mass is 9.85. The summed E-state index contributed by atoms with van der Waals surface area (Å²) in [6.45, 7) is 3.58. The van der Waals surface area contributed by atoms with Crippen molar-refractivity contribution >= 4 is 35.1 Å². The normalized spacial score (nSPS) is 19.2. The van der Waals surface area contributed by atoms with Gasteiger partial charge < -0.3 is 10.1 Å². The molecule has 1 aliphatic heterocycles. The molecule has 2 aromatic rings. The zero-order valence-electron chi connectivity index (χ0n) is 19.4. The molecule has 7 nitrogen and oxygen atoms in total. The number of carbonyl (C=O) groups is 4. The largest absolute Gasteiger partial charge is 0.452 e. The Balaban J connectivity index is 1.42. The second-order valence-electron chi connectivity index (χ2n) is 8.50. The van der Waals surface area contributed by atoms with Crippen molar-refractivity contribution in [1.82, 2.24) is 0 Å². The summed E-state index contributed by atoms with van der Waals surface area (Å²) in [5, 5.41) is 2.86. The van der Waals surface area contributed by atoms with E-state index in [0.717, 1.165) is 29.7 Å². The molecule has 1 fully saturated rings. The smallest absolute Gasteiger partial charge is 0.338 e. The maximum absolute atomic E-state index is 12.8. The van der Waals surface area contributed by atoms with Gasteiger partial charge in [0.2, 0.25) is 11.8 Å². The van der Waals surface area contributed by atoms with Crippen molar-refractivity contribution in [2.45, 2.75) is 39.5 Å². The molecule has 1 saturated heterocycles. The maximum atomic E-state index is 12.8. The summed E-state index contributed by atoms with van der Waals surface area (Å²) in [7, 11) is 0. The van der Waals surface area contributed by atoms with E-state index in [2.05, 4.69) is 5.32 Å². The summed E-state index contributed by atoms with van der Waals surface area (Å²) in [4.78, 5) is 51.9. The van der Waals surface area contributed by atoms with E-state index in [1.165, 1.54) is 17.0 Å². The molecule has 1 heterocycles. The standard InChI is InChI=1S/C27H28N2O5/c1-3-17-9-7-10-18(4-2)24(17)28-23(30)16-34-27(33)19-11-8-12-20(15-19)29-25(31)21-13-5-6-14-22(21)26(29)32/h5-12,15,21-22H,3-4,13-14,16H2,1-2H3,(H,28,30)/t21-,22+. The number of ether oxygens (including phenoxy) is 1. The molecule has 4 rings (SSSR count). The Morgan fingerprint density at radius 1 is 0.941 bits per heavy atom. The number of hydrogen-bond donors (Lipinski definition) is 1. The lowest BCUT2D eigenvalue weighted by Crippen LogP contribution is -2.31. The number of esters is 1. The lowest BCUT2D eigenvalue weighted by molar-refractivity contribution is -0.122. The minimum atomic E-state index is -0.699. The maximum Gasteiger partial charge on any atom is 0.338 e. The van der Waals surface area contributed by atoms with Crippen LogP contribution in [0.15, 0.2) is 54.6 Å². The number of nitrogens with zero attached hydrogens (tertiary/aromatic N) is 1. The molecule has 7 heteroatoms. The minimum Gasteiger partial charge on any atom is -0.452 e. The Morgan fingerprint density at radius 3 is 2.12 bits per heavy atom. The zero-order valence-corrected chi connectivity index (χ0v) is 19.4. The molecular weight excluding hydrogens is 432 g/mol. The lowest BCUT2D eigenvalue weighted by Gasteiger charge is -2.16. The molecule has 34 heavy (non-hydrogen) atoms. The molecule has 2 aliphatic rings. The first-order valence-corrected chi connectivity index (χ1v) is 11.6. The Kier molecular flexibility index (Phi) is 6.91. The van der Waals surface area contributed by atoms with Gasteiger partial charge >= 0.3 is 5.97 Å². The van der Waals surface area contributed by atoms with Crippen LogP contribution in [0.5, 0.6) is 0 Å². The number of amides is 3. The number of carbonyl (C=O) groups excluding carboxylic acids is 4. The first-order chi connectivity index (χ1) is 16.4. The fraction of sp³-hybridized carbons (Fsp3) is 0.333. The molecule has 0 radical (unpaired) electrons. The number of fused-ring (bicyclic) bond motifs is 1. The summed E-state index contributed by atoms with van der Waals surface area (Å²) < 4.78 is 5.23. The van der Waals surface area contributed by atoms with Crippen LogP contribution in [0.3, 0.4) is 0 Å². The molecule has 3 amide bonds. The number of para-hydroxylation sites is 1. The third-order valence-corrected chi connectivity index (χ3v) is 6.45. The van der Waals surface area contributed by atoms with E-state index in [9.17, 15) is 19.2 Å². The van der Waals surface area contributed by atoms with Crippen LogP contribution in [0, 0.1) is 11.8 Å². The van der Waals surface area contributed by atoms with Crippen LogP contribution in [-0.2, 0) is 32.0 Å². The number of nitrogens with one attached hydrogen (secondary N) is 1. The van der Waals surface area contributed by atoms with Crippen LogP contribution < -0.4 is 10.2 Å². The van der Waals surface area contributed by atoms with Gasteiger partial charge in [0, 0.05) is 5.69 Å². The number of anilines is 2. The van der Waals surface area contributed by atoms with E-state index >= 15 is 0 Å². The van der Waals surface area contributed by atoms with Gasteiger partial charge in [-0.1, -0.05) is 50.3 Å². The number of aryl methyl sites for hydroxylation is 2. The molecule has 0 unspecified atom stereocenters. The number of benzene rings is 2. The summed E-state index contributed by atoms with van der Waals surface area (Å²) >= 11 is 0. The van der Waals surface area contributed by atoms with Gasteiger partial charge in [-0.05, 0) is 55.0 Å². The van der Waals surface area contributed by atoms with Crippen LogP contribution >= 0.6 is 0 Å². The quantitative estimate of drug-likeness (QED) is 0.382. The van der Waals surface area contributed by atoms with Crippen molar-refractivity contribution in [2.24, 2.45) is 11.8 Å². The van der Waals surface area contributed by atoms with Crippen LogP contribution in [0.2, 0.25) is 0 Å². The predicted molar refractivity (Wildman–Crippen MR) is 128 cm³/mol. The molecule has 0 aromatic heterocycles. The first-order valence-electron chi connectivity index (χ1n) is 11.6. The van der Waals surface area contributed by atoms with Gasteiger partial charge in [0.15, 0.2) is 6.61 Å². The molecule has 0 bridgehead atoms. The van der Waals surface area contributed by atoms with Crippen molar-refractivity contribution in [2.75, 3.05) is 16.8 Å². The summed E-state index contributed by atoms with van der Waals surface area (Å²) in [6, 6.07) is 12.1. The summed E-state index contributed by atoms with van der Waals surface area (Å²) in [5.74, 6) is -2.32. The van der Waals surface area contributed by atoms with E-state index in [1.807, 2.05) is 44.2 Å². The zero-order chi connectivity index (χ0) is 24.2. The van der Waals surface area contributed by atoms with Crippen LogP contribution in [0.4, 0.5) is 11.4 Å². The molecule has 1 aliphatic carbocycles. The summed E-state index contributed by atoms with van der Waals surface area (Å²) in [6.07, 6.45) is 6.48. The Morgan fingerprint density at radius 2 is 1.53 bits per heavy atom. The highest BCUT2D eigenvalue weighted by Gasteiger charge is 2.47. The molecule has 0 spiro atoms. The fourth-order valence-electron chi connectivity index (χ4n) is 4.62. The van der Waals surface area contributed by atoms with Crippen LogP contribution in [-0.4, -0.2) is 30.3 Å². The van der Waals surface area contributed by atoms with E-state index < -0.39 is 18.5 Å². The molecule has 0 saturated carbocycles. The van der Waals surface area contributed by atoms with Gasteiger partial charge in [0.05, 0.1) is 23.1 Å². The number of rotatable bonds is 7. The van der Waals surface area contributed by atoms with Crippen molar-refractivity contribution < 1.29 is 23.9 Å². The van der Waals surface area contributed by atoms with E-state index in [0.29, 0.717) is 18.5 Å². The minimum absolute atomic E-state index is 0.169. The Bertz CT molecular complexity index is 1120. The highest BCUT2D eigenvalue weighted by molar-refractivity contribution is 6.22. The second kappa shape index (κ2) is 10.0. The van der Waals surface area contributed by atoms with Crippen molar-refractivity contribution in [3.8, 4) is 0 Å². The average Bonchev–Trinajstić information content (AvgIpc) is 3.12. The van der Waals surface area contributed by atoms with E-state index in [4.69, 9.17) is 4.74 Å². The SMILES string of the molecule is CCc1cccc(CC)c1NC(=O)COC(=O)c1cccc(N2C(=O)[C@H]3CC=CC[C@H]3C2=O)c1. The Labute approximate surface area is 198 Å². The first kappa shape index (κ1) is 23.4. The van der Waals surface area contributed by atoms with Crippen molar-refractivity contribution in [1.29, 1.82) is 0 Å². The third kappa shape index (κ3) is 4.51. The predicted octanol–water partition coefficient (Wildman–Crippen LogP) is 4.06. The van der Waals surface area contributed by atoms with Gasteiger partial charge in [-0.2, -0.15) is 0 Å². The van der Waals surface area contributed by atoms with Crippen LogP contribution in [0.25, 0.3) is 0 Å². The molecular formula is C27H28N2O5. The molecule has 176 valence electrons. The average molecular weight is 461 g/mol.